The number of rotatable bonds is 1. The van der Waals surface area contributed by atoms with E-state index in [0.29, 0.717) is 0 Å². The summed E-state index contributed by atoms with van der Waals surface area (Å²) in [6.07, 6.45) is -0.812. The van der Waals surface area contributed by atoms with Gasteiger partial charge in [0.1, 0.15) is 0 Å². The van der Waals surface area contributed by atoms with Gasteiger partial charge in [0, 0.05) is 11.4 Å². The largest absolute Gasteiger partial charge is 0.516 e. The molecule has 5 nitrogen and oxygen atoms in total. The Bertz CT molecular complexity index is 340. The van der Waals surface area contributed by atoms with Crippen LogP contribution in [-0.4, -0.2) is 23.2 Å². The van der Waals surface area contributed by atoms with Gasteiger partial charge in [-0.05, 0) is 26.3 Å². The van der Waals surface area contributed by atoms with E-state index >= 15 is 0 Å². The van der Waals surface area contributed by atoms with Crippen molar-refractivity contribution in [3.8, 4) is 6.01 Å². The summed E-state index contributed by atoms with van der Waals surface area (Å²) < 4.78 is 9.02. The topological polar surface area (TPSA) is 61.3 Å². The summed E-state index contributed by atoms with van der Waals surface area (Å²) in [7, 11) is 1.23. The summed E-state index contributed by atoms with van der Waals surface area (Å²) in [6.45, 7) is 5.56. The van der Waals surface area contributed by atoms with Gasteiger partial charge in [0.15, 0.2) is 0 Å². The number of aromatic nitrogens is 2. The van der Waals surface area contributed by atoms with Crippen LogP contribution in [-0.2, 0) is 4.74 Å². The maximum Gasteiger partial charge on any atom is 0.516 e. The molecule has 0 amide bonds. The first-order chi connectivity index (χ1) is 6.54. The van der Waals surface area contributed by atoms with Gasteiger partial charge < -0.3 is 9.47 Å². The number of hydrogen-bond acceptors (Lipinski definition) is 5. The van der Waals surface area contributed by atoms with Gasteiger partial charge in [-0.1, -0.05) is 0 Å². The van der Waals surface area contributed by atoms with Crippen LogP contribution in [0, 0.1) is 20.8 Å². The van der Waals surface area contributed by atoms with Crippen molar-refractivity contribution in [3.63, 3.8) is 0 Å². The van der Waals surface area contributed by atoms with E-state index in [1.165, 1.54) is 7.11 Å². The highest BCUT2D eigenvalue weighted by Crippen LogP contribution is 2.12. The Labute approximate surface area is 82.1 Å². The zero-order chi connectivity index (χ0) is 10.7. The summed E-state index contributed by atoms with van der Waals surface area (Å²) in [5.41, 5.74) is 2.56. The molecule has 0 unspecified atom stereocenters. The summed E-state index contributed by atoms with van der Waals surface area (Å²) in [5, 5.41) is 0. The van der Waals surface area contributed by atoms with Crippen LogP contribution < -0.4 is 4.74 Å². The molecule has 0 aromatic carbocycles. The van der Waals surface area contributed by atoms with Crippen LogP contribution >= 0.6 is 0 Å². The van der Waals surface area contributed by atoms with E-state index in [9.17, 15) is 4.79 Å². The molecule has 0 fully saturated rings. The molecule has 0 aliphatic rings. The van der Waals surface area contributed by atoms with Gasteiger partial charge in [-0.2, -0.15) is 9.97 Å². The lowest BCUT2D eigenvalue weighted by molar-refractivity contribution is 0.117. The van der Waals surface area contributed by atoms with Gasteiger partial charge in [0.2, 0.25) is 0 Å². The van der Waals surface area contributed by atoms with E-state index in [2.05, 4.69) is 14.7 Å². The van der Waals surface area contributed by atoms with Gasteiger partial charge in [-0.15, -0.1) is 0 Å². The number of ether oxygens (including phenoxy) is 2. The second kappa shape index (κ2) is 4.04. The molecule has 1 heterocycles. The molecular weight excluding hydrogens is 184 g/mol. The van der Waals surface area contributed by atoms with Crippen molar-refractivity contribution >= 4 is 6.16 Å². The standard InChI is InChI=1S/C9H12N2O3/c1-5-6(2)10-8(11-7(5)3)14-9(12)13-4/h1-4H3. The molecule has 1 rings (SSSR count). The van der Waals surface area contributed by atoms with Crippen LogP contribution in [0.2, 0.25) is 0 Å². The fourth-order valence-corrected chi connectivity index (χ4v) is 0.903. The Kier molecular flexibility index (Phi) is 3.01. The minimum Gasteiger partial charge on any atom is -0.437 e. The van der Waals surface area contributed by atoms with Crippen molar-refractivity contribution in [2.24, 2.45) is 0 Å². The Balaban J connectivity index is 2.95. The average Bonchev–Trinajstić information content (AvgIpc) is 2.14. The number of nitrogens with zero attached hydrogens (tertiary/aromatic N) is 2. The molecule has 0 N–H and O–H groups in total. The minimum absolute atomic E-state index is 0.0254. The zero-order valence-electron chi connectivity index (χ0n) is 8.62. The second-order valence-electron chi connectivity index (χ2n) is 2.86. The van der Waals surface area contributed by atoms with Gasteiger partial charge >= 0.3 is 12.2 Å². The van der Waals surface area contributed by atoms with Crippen molar-refractivity contribution in [2.45, 2.75) is 20.8 Å². The summed E-state index contributed by atoms with van der Waals surface area (Å²) in [4.78, 5) is 18.7. The summed E-state index contributed by atoms with van der Waals surface area (Å²) in [5.74, 6) is 0. The van der Waals surface area contributed by atoms with Crippen molar-refractivity contribution in [1.82, 2.24) is 9.97 Å². The van der Waals surface area contributed by atoms with E-state index in [0.717, 1.165) is 17.0 Å². The lowest BCUT2D eigenvalue weighted by atomic mass is 10.2. The molecule has 14 heavy (non-hydrogen) atoms. The maximum atomic E-state index is 10.8. The Morgan fingerprint density at radius 3 is 2.07 bits per heavy atom. The molecule has 0 spiro atoms. The molecule has 1 aromatic rings. The van der Waals surface area contributed by atoms with Crippen molar-refractivity contribution in [3.05, 3.63) is 17.0 Å². The molecule has 0 aliphatic heterocycles. The molecule has 0 aliphatic carbocycles. The summed E-state index contributed by atoms with van der Waals surface area (Å²) >= 11 is 0. The average molecular weight is 196 g/mol. The fraction of sp³-hybridized carbons (Fsp3) is 0.444. The molecule has 76 valence electrons. The first-order valence-electron chi connectivity index (χ1n) is 4.12. The van der Waals surface area contributed by atoms with Gasteiger partial charge in [0.05, 0.1) is 7.11 Å². The van der Waals surface area contributed by atoms with Crippen LogP contribution in [0.5, 0.6) is 6.01 Å². The van der Waals surface area contributed by atoms with Gasteiger partial charge in [0.25, 0.3) is 0 Å². The van der Waals surface area contributed by atoms with Crippen LogP contribution in [0.1, 0.15) is 17.0 Å². The quantitative estimate of drug-likeness (QED) is 0.637. The molecular formula is C9H12N2O3. The summed E-state index contributed by atoms with van der Waals surface area (Å²) in [6, 6.07) is 0.0254. The van der Waals surface area contributed by atoms with Gasteiger partial charge in [-0.25, -0.2) is 4.79 Å². The maximum absolute atomic E-state index is 10.8. The SMILES string of the molecule is COC(=O)Oc1nc(C)c(C)c(C)n1. The highest BCUT2D eigenvalue weighted by Gasteiger charge is 2.09. The molecule has 5 heteroatoms. The first kappa shape index (κ1) is 10.4. The monoisotopic (exact) mass is 196 g/mol. The fourth-order valence-electron chi connectivity index (χ4n) is 0.903. The van der Waals surface area contributed by atoms with Crippen LogP contribution in [0.25, 0.3) is 0 Å². The Hall–Kier alpha value is -1.65. The molecule has 1 aromatic heterocycles. The van der Waals surface area contributed by atoms with Crippen LogP contribution in [0.3, 0.4) is 0 Å². The first-order valence-corrected chi connectivity index (χ1v) is 4.12. The smallest absolute Gasteiger partial charge is 0.437 e. The number of hydrogen-bond donors (Lipinski definition) is 0. The van der Waals surface area contributed by atoms with Crippen molar-refractivity contribution in [1.29, 1.82) is 0 Å². The number of carbonyl (C=O) groups excluding carboxylic acids is 1. The minimum atomic E-state index is -0.812. The predicted octanol–water partition coefficient (Wildman–Crippen LogP) is 1.55. The third-order valence-electron chi connectivity index (χ3n) is 1.95. The van der Waals surface area contributed by atoms with E-state index in [1.807, 2.05) is 20.8 Å². The lowest BCUT2D eigenvalue weighted by Gasteiger charge is -2.05. The Morgan fingerprint density at radius 1 is 1.14 bits per heavy atom. The highest BCUT2D eigenvalue weighted by molar-refractivity contribution is 5.62. The molecule has 0 atom stereocenters. The normalized spacial score (nSPS) is 9.71. The van der Waals surface area contributed by atoms with E-state index in [1.54, 1.807) is 0 Å². The zero-order valence-corrected chi connectivity index (χ0v) is 8.62. The van der Waals surface area contributed by atoms with Crippen LogP contribution in [0.4, 0.5) is 4.79 Å². The molecule has 0 bridgehead atoms. The molecule has 0 saturated heterocycles. The molecule has 0 radical (unpaired) electrons. The van der Waals surface area contributed by atoms with Gasteiger partial charge in [-0.3, -0.25) is 0 Å². The van der Waals surface area contributed by atoms with Crippen molar-refractivity contribution in [2.75, 3.05) is 7.11 Å². The number of methoxy groups -OCH3 is 1. The van der Waals surface area contributed by atoms with Crippen LogP contribution in [0.15, 0.2) is 0 Å². The Morgan fingerprint density at radius 2 is 1.64 bits per heavy atom. The predicted molar refractivity (Wildman–Crippen MR) is 49.3 cm³/mol. The van der Waals surface area contributed by atoms with E-state index in [4.69, 9.17) is 4.74 Å². The second-order valence-corrected chi connectivity index (χ2v) is 2.86. The third-order valence-corrected chi connectivity index (χ3v) is 1.95. The highest BCUT2D eigenvalue weighted by atomic mass is 16.7. The number of aryl methyl sites for hydroxylation is 2. The van der Waals surface area contributed by atoms with E-state index in [-0.39, 0.29) is 6.01 Å². The van der Waals surface area contributed by atoms with E-state index < -0.39 is 6.16 Å². The molecule has 0 saturated carbocycles. The third kappa shape index (κ3) is 2.18. The lowest BCUT2D eigenvalue weighted by Crippen LogP contribution is -2.11. The number of carbonyl (C=O) groups is 1. The van der Waals surface area contributed by atoms with Crippen molar-refractivity contribution < 1.29 is 14.3 Å².